The highest BCUT2D eigenvalue weighted by atomic mass is 16.4. The van der Waals surface area contributed by atoms with E-state index < -0.39 is 5.97 Å². The van der Waals surface area contributed by atoms with Crippen LogP contribution in [0.2, 0.25) is 0 Å². The summed E-state index contributed by atoms with van der Waals surface area (Å²) in [5.41, 5.74) is 0.0518. The van der Waals surface area contributed by atoms with Crippen molar-refractivity contribution in [3.8, 4) is 0 Å². The Bertz CT molecular complexity index is 484. The van der Waals surface area contributed by atoms with Crippen LogP contribution in [0.4, 0.5) is 0 Å². The van der Waals surface area contributed by atoms with Crippen molar-refractivity contribution in [3.63, 3.8) is 0 Å². The zero-order valence-corrected chi connectivity index (χ0v) is 11.0. The summed E-state index contributed by atoms with van der Waals surface area (Å²) in [6, 6.07) is 0.230. The maximum absolute atomic E-state index is 12.3. The first-order valence-electron chi connectivity index (χ1n) is 6.37. The SMILES string of the molecule is CC(C)C1CCCN1C(=O)c1cnc(C(=O)O)cn1. The number of amides is 1. The van der Waals surface area contributed by atoms with Gasteiger partial charge >= 0.3 is 5.97 Å². The van der Waals surface area contributed by atoms with Crippen molar-refractivity contribution < 1.29 is 14.7 Å². The van der Waals surface area contributed by atoms with Crippen LogP contribution in [-0.4, -0.2) is 44.4 Å². The molecule has 1 amide bonds. The number of likely N-dealkylation sites (tertiary alicyclic amines) is 1. The lowest BCUT2D eigenvalue weighted by molar-refractivity contribution is 0.0675. The lowest BCUT2D eigenvalue weighted by atomic mass is 10.0. The van der Waals surface area contributed by atoms with E-state index in [-0.39, 0.29) is 23.3 Å². The van der Waals surface area contributed by atoms with Crippen LogP contribution < -0.4 is 0 Å². The first-order chi connectivity index (χ1) is 9.00. The number of aromatic nitrogens is 2. The summed E-state index contributed by atoms with van der Waals surface area (Å²) in [5.74, 6) is -0.911. The molecular weight excluding hydrogens is 246 g/mol. The highest BCUT2D eigenvalue weighted by molar-refractivity contribution is 5.93. The molecule has 1 aliphatic rings. The molecule has 102 valence electrons. The molecule has 1 aromatic rings. The quantitative estimate of drug-likeness (QED) is 0.892. The fourth-order valence-electron chi connectivity index (χ4n) is 2.43. The number of carboxylic acid groups (broad SMARTS) is 1. The van der Waals surface area contributed by atoms with Crippen LogP contribution in [0.1, 0.15) is 47.7 Å². The lowest BCUT2D eigenvalue weighted by Gasteiger charge is -2.27. The molecule has 19 heavy (non-hydrogen) atoms. The van der Waals surface area contributed by atoms with E-state index in [1.807, 2.05) is 4.90 Å². The van der Waals surface area contributed by atoms with E-state index in [1.165, 1.54) is 6.20 Å². The molecule has 1 unspecified atom stereocenters. The van der Waals surface area contributed by atoms with Gasteiger partial charge in [-0.2, -0.15) is 0 Å². The lowest BCUT2D eigenvalue weighted by Crippen LogP contribution is -2.39. The number of carbonyl (C=O) groups excluding carboxylic acids is 1. The monoisotopic (exact) mass is 263 g/mol. The summed E-state index contributed by atoms with van der Waals surface area (Å²) in [5, 5.41) is 8.74. The third-order valence-electron chi connectivity index (χ3n) is 3.42. The predicted octanol–water partition coefficient (Wildman–Crippen LogP) is 1.44. The van der Waals surface area contributed by atoms with Gasteiger partial charge in [-0.15, -0.1) is 0 Å². The molecule has 0 aliphatic carbocycles. The van der Waals surface area contributed by atoms with Gasteiger partial charge in [-0.25, -0.2) is 14.8 Å². The van der Waals surface area contributed by atoms with Crippen molar-refractivity contribution in [1.29, 1.82) is 0 Å². The normalized spacial score (nSPS) is 18.9. The van der Waals surface area contributed by atoms with Gasteiger partial charge in [-0.3, -0.25) is 4.79 Å². The average Bonchev–Trinajstić information content (AvgIpc) is 2.87. The Balaban J connectivity index is 2.17. The summed E-state index contributed by atoms with van der Waals surface area (Å²) < 4.78 is 0. The molecule has 6 heteroatoms. The molecule has 1 aromatic heterocycles. The Morgan fingerprint density at radius 3 is 2.47 bits per heavy atom. The molecule has 0 spiro atoms. The van der Waals surface area contributed by atoms with E-state index in [2.05, 4.69) is 23.8 Å². The molecular formula is C13H17N3O3. The second-order valence-corrected chi connectivity index (χ2v) is 5.04. The second-order valence-electron chi connectivity index (χ2n) is 5.04. The van der Waals surface area contributed by atoms with Crippen LogP contribution in [-0.2, 0) is 0 Å². The van der Waals surface area contributed by atoms with Crippen LogP contribution in [0.15, 0.2) is 12.4 Å². The number of carboxylic acids is 1. The van der Waals surface area contributed by atoms with E-state index in [4.69, 9.17) is 5.11 Å². The molecule has 2 rings (SSSR count). The van der Waals surface area contributed by atoms with E-state index in [0.717, 1.165) is 25.6 Å². The number of rotatable bonds is 3. The van der Waals surface area contributed by atoms with Gasteiger partial charge in [0, 0.05) is 12.6 Å². The zero-order valence-electron chi connectivity index (χ0n) is 11.0. The molecule has 0 radical (unpaired) electrons. The minimum Gasteiger partial charge on any atom is -0.476 e. The van der Waals surface area contributed by atoms with Gasteiger partial charge in [0.2, 0.25) is 0 Å². The molecule has 2 heterocycles. The Morgan fingerprint density at radius 1 is 1.32 bits per heavy atom. The first kappa shape index (κ1) is 13.5. The predicted molar refractivity (Wildman–Crippen MR) is 67.9 cm³/mol. The van der Waals surface area contributed by atoms with E-state index in [1.54, 1.807) is 0 Å². The van der Waals surface area contributed by atoms with Gasteiger partial charge < -0.3 is 10.0 Å². The number of aromatic carboxylic acids is 1. The van der Waals surface area contributed by atoms with Crippen LogP contribution >= 0.6 is 0 Å². The molecule has 0 bridgehead atoms. The topological polar surface area (TPSA) is 83.4 Å². The maximum atomic E-state index is 12.3. The smallest absolute Gasteiger partial charge is 0.356 e. The van der Waals surface area contributed by atoms with Crippen LogP contribution in [0.25, 0.3) is 0 Å². The molecule has 0 aromatic carbocycles. The molecule has 1 atom stereocenters. The molecule has 0 saturated carbocycles. The third-order valence-corrected chi connectivity index (χ3v) is 3.42. The van der Waals surface area contributed by atoms with Crippen molar-refractivity contribution in [2.45, 2.75) is 32.7 Å². The largest absolute Gasteiger partial charge is 0.476 e. The fourth-order valence-corrected chi connectivity index (χ4v) is 2.43. The van der Waals surface area contributed by atoms with Crippen molar-refractivity contribution in [3.05, 3.63) is 23.8 Å². The zero-order chi connectivity index (χ0) is 14.0. The summed E-state index contributed by atoms with van der Waals surface area (Å²) in [6.07, 6.45) is 4.36. The molecule has 1 saturated heterocycles. The minimum atomic E-state index is -1.15. The molecule has 1 fully saturated rings. The maximum Gasteiger partial charge on any atom is 0.356 e. The molecule has 1 aliphatic heterocycles. The summed E-state index contributed by atoms with van der Waals surface area (Å²) in [6.45, 7) is 4.91. The third kappa shape index (κ3) is 2.72. The number of nitrogens with zero attached hydrogens (tertiary/aromatic N) is 3. The van der Waals surface area contributed by atoms with Crippen LogP contribution in [0, 0.1) is 5.92 Å². The van der Waals surface area contributed by atoms with Crippen molar-refractivity contribution in [2.75, 3.05) is 6.54 Å². The van der Waals surface area contributed by atoms with Crippen molar-refractivity contribution in [1.82, 2.24) is 14.9 Å². The van der Waals surface area contributed by atoms with Gasteiger partial charge in [0.1, 0.15) is 5.69 Å². The van der Waals surface area contributed by atoms with Crippen molar-refractivity contribution in [2.24, 2.45) is 5.92 Å². The minimum absolute atomic E-state index is 0.154. The van der Waals surface area contributed by atoms with Crippen LogP contribution in [0.5, 0.6) is 0 Å². The van der Waals surface area contributed by atoms with Gasteiger partial charge in [0.25, 0.3) is 5.91 Å². The van der Waals surface area contributed by atoms with E-state index >= 15 is 0 Å². The Labute approximate surface area is 111 Å². The van der Waals surface area contributed by atoms with Gasteiger partial charge in [0.15, 0.2) is 5.69 Å². The van der Waals surface area contributed by atoms with Gasteiger partial charge in [-0.05, 0) is 18.8 Å². The summed E-state index contributed by atoms with van der Waals surface area (Å²) >= 11 is 0. The molecule has 1 N–H and O–H groups in total. The number of carbonyl (C=O) groups is 2. The second kappa shape index (κ2) is 5.34. The number of hydrogen-bond acceptors (Lipinski definition) is 4. The van der Waals surface area contributed by atoms with E-state index in [0.29, 0.717) is 5.92 Å². The van der Waals surface area contributed by atoms with Gasteiger partial charge in [0.05, 0.1) is 12.4 Å². The molecule has 6 nitrogen and oxygen atoms in total. The Morgan fingerprint density at radius 2 is 1.95 bits per heavy atom. The highest BCUT2D eigenvalue weighted by Gasteiger charge is 2.32. The Kier molecular flexibility index (Phi) is 3.78. The van der Waals surface area contributed by atoms with Crippen molar-refractivity contribution >= 4 is 11.9 Å². The fraction of sp³-hybridized carbons (Fsp3) is 0.538. The summed E-state index contributed by atoms with van der Waals surface area (Å²) in [7, 11) is 0. The number of hydrogen-bond donors (Lipinski definition) is 1. The van der Waals surface area contributed by atoms with Crippen LogP contribution in [0.3, 0.4) is 0 Å². The van der Waals surface area contributed by atoms with E-state index in [9.17, 15) is 9.59 Å². The first-order valence-corrected chi connectivity index (χ1v) is 6.37. The summed E-state index contributed by atoms with van der Waals surface area (Å²) in [4.78, 5) is 32.5. The van der Waals surface area contributed by atoms with Gasteiger partial charge in [-0.1, -0.05) is 13.8 Å². The standard InChI is InChI=1S/C13H17N3O3/c1-8(2)11-4-3-5-16(11)12(17)9-6-15-10(7-14-9)13(18)19/h6-8,11H,3-5H2,1-2H3,(H,18,19). The highest BCUT2D eigenvalue weighted by Crippen LogP contribution is 2.24. The Hall–Kier alpha value is -1.98. The average molecular weight is 263 g/mol.